The van der Waals surface area contributed by atoms with E-state index in [0.717, 1.165) is 30.6 Å². The van der Waals surface area contributed by atoms with Gasteiger partial charge in [0.15, 0.2) is 0 Å². The Kier molecular flexibility index (Phi) is 5.25. The van der Waals surface area contributed by atoms with Crippen LogP contribution in [0.3, 0.4) is 0 Å². The molecule has 1 aromatic heterocycles. The molecule has 120 valence electrons. The first kappa shape index (κ1) is 15.5. The number of benzene rings is 1. The number of fused-ring (bicyclic) bond motifs is 1. The van der Waals surface area contributed by atoms with Crippen molar-refractivity contribution in [2.24, 2.45) is 5.92 Å². The van der Waals surface area contributed by atoms with Gasteiger partial charge in [-0.25, -0.2) is 0 Å². The number of ether oxygens (including phenoxy) is 1. The number of amides is 1. The van der Waals surface area contributed by atoms with E-state index in [0.29, 0.717) is 25.5 Å². The predicted octanol–water partition coefficient (Wildman–Crippen LogP) is 2.77. The van der Waals surface area contributed by atoms with Crippen molar-refractivity contribution in [3.63, 3.8) is 0 Å². The molecule has 1 aliphatic heterocycles. The van der Waals surface area contributed by atoms with Crippen LogP contribution in [0.4, 0.5) is 0 Å². The summed E-state index contributed by atoms with van der Waals surface area (Å²) in [6.45, 7) is 1.43. The molecule has 3 rings (SSSR count). The first-order valence-corrected chi connectivity index (χ1v) is 8.17. The Hall–Kier alpha value is -2.36. The summed E-state index contributed by atoms with van der Waals surface area (Å²) < 4.78 is 5.77. The summed E-state index contributed by atoms with van der Waals surface area (Å²) in [5, 5.41) is 3.07. The van der Waals surface area contributed by atoms with Crippen molar-refractivity contribution in [1.82, 2.24) is 10.3 Å². The van der Waals surface area contributed by atoms with Gasteiger partial charge in [-0.05, 0) is 48.4 Å². The third-order valence-electron chi connectivity index (χ3n) is 4.22. The molecule has 0 saturated heterocycles. The molecule has 1 N–H and O–H groups in total. The van der Waals surface area contributed by atoms with Gasteiger partial charge in [0.05, 0.1) is 6.61 Å². The molecule has 4 heteroatoms. The fourth-order valence-corrected chi connectivity index (χ4v) is 2.89. The number of aromatic nitrogens is 1. The number of nitrogens with one attached hydrogen (secondary N) is 1. The zero-order chi connectivity index (χ0) is 15.9. The first-order chi connectivity index (χ1) is 11.3. The topological polar surface area (TPSA) is 51.2 Å². The molecule has 4 nitrogen and oxygen atoms in total. The number of carbonyl (C=O) groups excluding carboxylic acids is 1. The number of hydrogen-bond acceptors (Lipinski definition) is 3. The Bertz CT molecular complexity index is 643. The van der Waals surface area contributed by atoms with Gasteiger partial charge in [-0.3, -0.25) is 9.78 Å². The van der Waals surface area contributed by atoms with Crippen molar-refractivity contribution < 1.29 is 9.53 Å². The Morgan fingerprint density at radius 3 is 3.04 bits per heavy atom. The zero-order valence-corrected chi connectivity index (χ0v) is 13.2. The molecule has 1 atom stereocenters. The summed E-state index contributed by atoms with van der Waals surface area (Å²) in [4.78, 5) is 16.1. The van der Waals surface area contributed by atoms with Crippen molar-refractivity contribution in [1.29, 1.82) is 0 Å². The predicted molar refractivity (Wildman–Crippen MR) is 89.3 cm³/mol. The molecule has 1 aliphatic rings. The van der Waals surface area contributed by atoms with Gasteiger partial charge in [-0.2, -0.15) is 0 Å². The molecule has 0 unspecified atom stereocenters. The lowest BCUT2D eigenvalue weighted by Crippen LogP contribution is -2.30. The SMILES string of the molecule is O=C(CCc1cccnc1)NC[C@H]1CCOc2ccccc2C1. The monoisotopic (exact) mass is 310 g/mol. The van der Waals surface area contributed by atoms with E-state index in [1.807, 2.05) is 36.5 Å². The summed E-state index contributed by atoms with van der Waals surface area (Å²) in [5.41, 5.74) is 2.33. The molecule has 0 radical (unpaired) electrons. The lowest BCUT2D eigenvalue weighted by Gasteiger charge is -2.14. The fourth-order valence-electron chi connectivity index (χ4n) is 2.89. The van der Waals surface area contributed by atoms with Crippen LogP contribution in [0.25, 0.3) is 0 Å². The van der Waals surface area contributed by atoms with Crippen LogP contribution in [-0.2, 0) is 17.6 Å². The number of rotatable bonds is 5. The third-order valence-corrected chi connectivity index (χ3v) is 4.22. The van der Waals surface area contributed by atoms with Crippen LogP contribution < -0.4 is 10.1 Å². The highest BCUT2D eigenvalue weighted by Gasteiger charge is 2.17. The largest absolute Gasteiger partial charge is 0.493 e. The second-order valence-electron chi connectivity index (χ2n) is 5.98. The molecule has 2 heterocycles. The summed E-state index contributed by atoms with van der Waals surface area (Å²) in [6, 6.07) is 12.1. The number of hydrogen-bond donors (Lipinski definition) is 1. The van der Waals surface area contributed by atoms with Crippen LogP contribution in [0, 0.1) is 5.92 Å². The minimum absolute atomic E-state index is 0.104. The highest BCUT2D eigenvalue weighted by molar-refractivity contribution is 5.76. The van der Waals surface area contributed by atoms with E-state index in [-0.39, 0.29) is 5.91 Å². The van der Waals surface area contributed by atoms with E-state index >= 15 is 0 Å². The van der Waals surface area contributed by atoms with Crippen LogP contribution >= 0.6 is 0 Å². The first-order valence-electron chi connectivity index (χ1n) is 8.17. The van der Waals surface area contributed by atoms with E-state index in [1.165, 1.54) is 5.56 Å². The van der Waals surface area contributed by atoms with Gasteiger partial charge in [0, 0.05) is 25.4 Å². The third kappa shape index (κ3) is 4.55. The molecule has 1 aromatic carbocycles. The Morgan fingerprint density at radius 1 is 1.26 bits per heavy atom. The minimum Gasteiger partial charge on any atom is -0.493 e. The Morgan fingerprint density at radius 2 is 2.17 bits per heavy atom. The summed E-state index contributed by atoms with van der Waals surface area (Å²) in [6.07, 6.45) is 6.72. The highest BCUT2D eigenvalue weighted by atomic mass is 16.5. The van der Waals surface area contributed by atoms with Gasteiger partial charge in [0.1, 0.15) is 5.75 Å². The van der Waals surface area contributed by atoms with Gasteiger partial charge >= 0.3 is 0 Å². The average molecular weight is 310 g/mol. The van der Waals surface area contributed by atoms with Crippen molar-refractivity contribution in [3.05, 3.63) is 59.9 Å². The van der Waals surface area contributed by atoms with Gasteiger partial charge < -0.3 is 10.1 Å². The standard InChI is InChI=1S/C19H22N2O2/c22-19(8-7-15-4-3-10-20-13-15)21-14-16-9-11-23-18-6-2-1-5-17(18)12-16/h1-6,10,13,16H,7-9,11-12,14H2,(H,21,22)/t16-/m0/s1. The molecule has 0 fully saturated rings. The Balaban J connectivity index is 1.45. The highest BCUT2D eigenvalue weighted by Crippen LogP contribution is 2.26. The van der Waals surface area contributed by atoms with Crippen molar-refractivity contribution in [3.8, 4) is 5.75 Å². The lowest BCUT2D eigenvalue weighted by molar-refractivity contribution is -0.121. The van der Waals surface area contributed by atoms with E-state index in [2.05, 4.69) is 16.4 Å². The number of carbonyl (C=O) groups is 1. The molecule has 0 bridgehead atoms. The fraction of sp³-hybridized carbons (Fsp3) is 0.368. The molecular formula is C19H22N2O2. The maximum Gasteiger partial charge on any atom is 0.220 e. The van der Waals surface area contributed by atoms with Crippen molar-refractivity contribution in [2.75, 3.05) is 13.2 Å². The van der Waals surface area contributed by atoms with E-state index < -0.39 is 0 Å². The number of para-hydroxylation sites is 1. The molecule has 0 spiro atoms. The van der Waals surface area contributed by atoms with Crippen molar-refractivity contribution in [2.45, 2.75) is 25.7 Å². The number of aryl methyl sites for hydroxylation is 1. The quantitative estimate of drug-likeness (QED) is 0.924. The summed E-state index contributed by atoms with van der Waals surface area (Å²) in [5.74, 6) is 1.52. The molecule has 2 aromatic rings. The van der Waals surface area contributed by atoms with Crippen LogP contribution in [0.15, 0.2) is 48.8 Å². The van der Waals surface area contributed by atoms with Crippen LogP contribution in [0.2, 0.25) is 0 Å². The van der Waals surface area contributed by atoms with E-state index in [1.54, 1.807) is 6.20 Å². The van der Waals surface area contributed by atoms with Gasteiger partial charge in [0.2, 0.25) is 5.91 Å². The van der Waals surface area contributed by atoms with E-state index in [4.69, 9.17) is 4.74 Å². The minimum atomic E-state index is 0.104. The van der Waals surface area contributed by atoms with Crippen LogP contribution in [0.1, 0.15) is 24.0 Å². The van der Waals surface area contributed by atoms with Crippen LogP contribution in [-0.4, -0.2) is 24.0 Å². The van der Waals surface area contributed by atoms with Gasteiger partial charge in [0.25, 0.3) is 0 Å². The van der Waals surface area contributed by atoms with Crippen molar-refractivity contribution >= 4 is 5.91 Å². The maximum atomic E-state index is 12.0. The number of pyridine rings is 1. The maximum absolute atomic E-state index is 12.0. The van der Waals surface area contributed by atoms with Gasteiger partial charge in [-0.15, -0.1) is 0 Å². The summed E-state index contributed by atoms with van der Waals surface area (Å²) in [7, 11) is 0. The summed E-state index contributed by atoms with van der Waals surface area (Å²) >= 11 is 0. The molecule has 0 saturated carbocycles. The lowest BCUT2D eigenvalue weighted by atomic mass is 9.97. The van der Waals surface area contributed by atoms with Crippen LogP contribution in [0.5, 0.6) is 5.75 Å². The number of nitrogens with zero attached hydrogens (tertiary/aromatic N) is 1. The smallest absolute Gasteiger partial charge is 0.220 e. The second kappa shape index (κ2) is 7.77. The van der Waals surface area contributed by atoms with E-state index in [9.17, 15) is 4.79 Å². The second-order valence-corrected chi connectivity index (χ2v) is 5.98. The van der Waals surface area contributed by atoms with Gasteiger partial charge in [-0.1, -0.05) is 24.3 Å². The molecule has 23 heavy (non-hydrogen) atoms. The molecule has 1 amide bonds. The molecule has 0 aliphatic carbocycles. The zero-order valence-electron chi connectivity index (χ0n) is 13.2. The molecular weight excluding hydrogens is 288 g/mol. The average Bonchev–Trinajstić information content (AvgIpc) is 2.81. The normalized spacial score (nSPS) is 16.8. The Labute approximate surface area is 136 Å².